The maximum Gasteiger partial charge on any atom is 0.324 e. The summed E-state index contributed by atoms with van der Waals surface area (Å²) in [6, 6.07) is 10.5. The van der Waals surface area contributed by atoms with Gasteiger partial charge in [0, 0.05) is 25.4 Å². The van der Waals surface area contributed by atoms with E-state index < -0.39 is 0 Å². The number of benzene rings is 1. The summed E-state index contributed by atoms with van der Waals surface area (Å²) in [5.74, 6) is 0.742. The zero-order chi connectivity index (χ0) is 16.1. The standard InChI is InChI=1S/C18H26N2O2S/c1-2-22-17(21)16-14-23-18(19-16)9-12-20(13-10-18)11-8-15-6-4-3-5-7-15/h3-7,16,19H,2,8-14H2,1H3/t16-/m0/s1. The van der Waals surface area contributed by atoms with Crippen LogP contribution in [0.1, 0.15) is 25.3 Å². The molecule has 2 saturated heterocycles. The lowest BCUT2D eigenvalue weighted by molar-refractivity contribution is -0.145. The van der Waals surface area contributed by atoms with Crippen molar-refractivity contribution in [2.75, 3.05) is 32.0 Å². The number of esters is 1. The fraction of sp³-hybridized carbons (Fsp3) is 0.611. The average molecular weight is 334 g/mol. The lowest BCUT2D eigenvalue weighted by atomic mass is 10.0. The molecule has 0 amide bonds. The Kier molecular flexibility index (Phi) is 5.62. The van der Waals surface area contributed by atoms with Gasteiger partial charge in [0.25, 0.3) is 0 Å². The molecule has 2 fully saturated rings. The van der Waals surface area contributed by atoms with Crippen LogP contribution in [0.2, 0.25) is 0 Å². The molecule has 1 aromatic carbocycles. The molecule has 2 aliphatic heterocycles. The van der Waals surface area contributed by atoms with Gasteiger partial charge in [0.2, 0.25) is 0 Å². The number of carbonyl (C=O) groups excluding carboxylic acids is 1. The van der Waals surface area contributed by atoms with Crippen molar-refractivity contribution in [1.29, 1.82) is 0 Å². The first-order chi connectivity index (χ1) is 11.2. The van der Waals surface area contributed by atoms with Crippen molar-refractivity contribution < 1.29 is 9.53 Å². The highest BCUT2D eigenvalue weighted by molar-refractivity contribution is 8.01. The fourth-order valence-electron chi connectivity index (χ4n) is 3.37. The Hall–Kier alpha value is -1.04. The maximum atomic E-state index is 11.9. The van der Waals surface area contributed by atoms with Crippen LogP contribution >= 0.6 is 11.8 Å². The first-order valence-corrected chi connectivity index (χ1v) is 9.54. The van der Waals surface area contributed by atoms with Gasteiger partial charge in [0.1, 0.15) is 6.04 Å². The molecule has 5 heteroatoms. The maximum absolute atomic E-state index is 11.9. The van der Waals surface area contributed by atoms with Crippen LogP contribution < -0.4 is 5.32 Å². The highest BCUT2D eigenvalue weighted by Gasteiger charge is 2.44. The highest BCUT2D eigenvalue weighted by Crippen LogP contribution is 2.39. The Morgan fingerprint density at radius 1 is 1.35 bits per heavy atom. The molecule has 1 atom stereocenters. The van der Waals surface area contributed by atoms with Crippen LogP contribution in [-0.2, 0) is 16.0 Å². The van der Waals surface area contributed by atoms with Crippen LogP contribution in [0.3, 0.4) is 0 Å². The van der Waals surface area contributed by atoms with E-state index in [2.05, 4.69) is 40.5 Å². The van der Waals surface area contributed by atoms with Crippen LogP contribution in [0, 0.1) is 0 Å². The molecule has 23 heavy (non-hydrogen) atoms. The number of ether oxygens (including phenoxy) is 1. The van der Waals surface area contributed by atoms with Gasteiger partial charge in [-0.1, -0.05) is 30.3 Å². The number of carbonyl (C=O) groups is 1. The van der Waals surface area contributed by atoms with E-state index in [9.17, 15) is 4.79 Å². The molecule has 0 aromatic heterocycles. The second-order valence-corrected chi connectivity index (χ2v) is 7.73. The molecule has 126 valence electrons. The predicted octanol–water partition coefficient (Wildman–Crippen LogP) is 2.29. The molecular formula is C18H26N2O2S. The zero-order valence-corrected chi connectivity index (χ0v) is 14.6. The van der Waals surface area contributed by atoms with Crippen molar-refractivity contribution in [2.24, 2.45) is 0 Å². The highest BCUT2D eigenvalue weighted by atomic mass is 32.2. The molecule has 3 rings (SSSR count). The molecule has 0 aliphatic carbocycles. The Bertz CT molecular complexity index is 515. The van der Waals surface area contributed by atoms with Gasteiger partial charge in [0.15, 0.2) is 0 Å². The molecule has 0 radical (unpaired) electrons. The first-order valence-electron chi connectivity index (χ1n) is 8.55. The topological polar surface area (TPSA) is 41.6 Å². The molecule has 0 unspecified atom stereocenters. The molecule has 4 nitrogen and oxygen atoms in total. The van der Waals surface area contributed by atoms with Gasteiger partial charge in [-0.3, -0.25) is 10.1 Å². The predicted molar refractivity (Wildman–Crippen MR) is 94.6 cm³/mol. The third-order valence-corrected chi connectivity index (χ3v) is 6.34. The Morgan fingerprint density at radius 2 is 2.09 bits per heavy atom. The molecule has 1 N–H and O–H groups in total. The lowest BCUT2D eigenvalue weighted by Crippen LogP contribution is -2.52. The number of nitrogens with one attached hydrogen (secondary N) is 1. The van der Waals surface area contributed by atoms with Crippen molar-refractivity contribution in [3.63, 3.8) is 0 Å². The van der Waals surface area contributed by atoms with Gasteiger partial charge in [-0.15, -0.1) is 11.8 Å². The van der Waals surface area contributed by atoms with E-state index in [1.165, 1.54) is 5.56 Å². The largest absolute Gasteiger partial charge is 0.465 e. The van der Waals surface area contributed by atoms with Crippen molar-refractivity contribution in [3.8, 4) is 0 Å². The van der Waals surface area contributed by atoms with E-state index in [-0.39, 0.29) is 16.9 Å². The van der Waals surface area contributed by atoms with Crippen molar-refractivity contribution >= 4 is 17.7 Å². The van der Waals surface area contributed by atoms with Gasteiger partial charge < -0.3 is 9.64 Å². The summed E-state index contributed by atoms with van der Waals surface area (Å²) in [6.45, 7) is 5.64. The zero-order valence-electron chi connectivity index (χ0n) is 13.8. The molecule has 1 spiro atoms. The normalized spacial score (nSPS) is 24.0. The quantitative estimate of drug-likeness (QED) is 0.837. The number of hydrogen-bond donors (Lipinski definition) is 1. The number of piperidine rings is 1. The van der Waals surface area contributed by atoms with E-state index in [1.807, 2.05) is 18.7 Å². The second-order valence-electron chi connectivity index (χ2n) is 6.33. The minimum Gasteiger partial charge on any atom is -0.465 e. The summed E-state index contributed by atoms with van der Waals surface area (Å²) in [7, 11) is 0. The summed E-state index contributed by atoms with van der Waals surface area (Å²) in [5, 5.41) is 3.55. The van der Waals surface area contributed by atoms with Crippen LogP contribution in [-0.4, -0.2) is 53.8 Å². The van der Waals surface area contributed by atoms with Crippen molar-refractivity contribution in [3.05, 3.63) is 35.9 Å². The number of likely N-dealkylation sites (tertiary alicyclic amines) is 1. The minimum absolute atomic E-state index is 0.0840. The lowest BCUT2D eigenvalue weighted by Gasteiger charge is -2.39. The van der Waals surface area contributed by atoms with Gasteiger partial charge >= 0.3 is 5.97 Å². The molecule has 1 aromatic rings. The summed E-state index contributed by atoms with van der Waals surface area (Å²) in [4.78, 5) is 14.5. The Balaban J connectivity index is 1.44. The smallest absolute Gasteiger partial charge is 0.324 e. The monoisotopic (exact) mass is 334 g/mol. The number of rotatable bonds is 5. The Morgan fingerprint density at radius 3 is 2.78 bits per heavy atom. The van der Waals surface area contributed by atoms with Gasteiger partial charge in [0.05, 0.1) is 11.5 Å². The Labute approximate surface area is 143 Å². The van der Waals surface area contributed by atoms with Crippen molar-refractivity contribution in [2.45, 2.75) is 37.1 Å². The van der Waals surface area contributed by atoms with E-state index >= 15 is 0 Å². The molecule has 0 saturated carbocycles. The van der Waals surface area contributed by atoms with Crippen molar-refractivity contribution in [1.82, 2.24) is 10.2 Å². The van der Waals surface area contributed by atoms with E-state index in [1.54, 1.807) is 0 Å². The number of nitrogens with zero attached hydrogens (tertiary/aromatic N) is 1. The van der Waals surface area contributed by atoms with Crippen LogP contribution in [0.4, 0.5) is 0 Å². The number of hydrogen-bond acceptors (Lipinski definition) is 5. The van der Waals surface area contributed by atoms with Crippen LogP contribution in [0.25, 0.3) is 0 Å². The summed E-state index contributed by atoms with van der Waals surface area (Å²) >= 11 is 1.91. The van der Waals surface area contributed by atoms with Gasteiger partial charge in [-0.2, -0.15) is 0 Å². The average Bonchev–Trinajstić information content (AvgIpc) is 3.00. The van der Waals surface area contributed by atoms with E-state index in [0.29, 0.717) is 6.61 Å². The molecular weight excluding hydrogens is 308 g/mol. The third-order valence-electron chi connectivity index (χ3n) is 4.76. The van der Waals surface area contributed by atoms with Gasteiger partial charge in [-0.05, 0) is 31.7 Å². The number of thioether (sulfide) groups is 1. The summed E-state index contributed by atoms with van der Waals surface area (Å²) in [5.41, 5.74) is 1.41. The van der Waals surface area contributed by atoms with E-state index in [0.717, 1.165) is 44.6 Å². The molecule has 2 aliphatic rings. The molecule has 0 bridgehead atoms. The summed E-state index contributed by atoms with van der Waals surface area (Å²) < 4.78 is 5.14. The fourth-order valence-corrected chi connectivity index (χ4v) is 4.77. The SMILES string of the molecule is CCOC(=O)[C@@H]1CSC2(CCN(CCc3ccccc3)CC2)N1. The third kappa shape index (κ3) is 4.28. The minimum atomic E-state index is -0.129. The van der Waals surface area contributed by atoms with Crippen LogP contribution in [0.15, 0.2) is 30.3 Å². The van der Waals surface area contributed by atoms with E-state index in [4.69, 9.17) is 4.74 Å². The van der Waals surface area contributed by atoms with Crippen LogP contribution in [0.5, 0.6) is 0 Å². The first kappa shape index (κ1) is 16.8. The second kappa shape index (κ2) is 7.69. The summed E-state index contributed by atoms with van der Waals surface area (Å²) in [6.07, 6.45) is 3.31. The van der Waals surface area contributed by atoms with Gasteiger partial charge in [-0.25, -0.2) is 0 Å². The molecule has 2 heterocycles.